The lowest BCUT2D eigenvalue weighted by Crippen LogP contribution is -2.49. The van der Waals surface area contributed by atoms with Crippen LogP contribution in [0.4, 0.5) is 0 Å². The summed E-state index contributed by atoms with van der Waals surface area (Å²) in [5.74, 6) is 1.52. The molecule has 0 saturated heterocycles. The normalized spacial score (nSPS) is 37.5. The quantitative estimate of drug-likeness (QED) is 0.719. The lowest BCUT2D eigenvalue weighted by atomic mass is 9.63. The van der Waals surface area contributed by atoms with Gasteiger partial charge in [-0.25, -0.2) is 0 Å². The first-order chi connectivity index (χ1) is 6.22. The molecule has 2 N–H and O–H groups in total. The van der Waals surface area contributed by atoms with E-state index in [4.69, 9.17) is 5.73 Å². The zero-order valence-electron chi connectivity index (χ0n) is 10.6. The molecular formula is C13H27N. The van der Waals surface area contributed by atoms with Gasteiger partial charge in [-0.3, -0.25) is 0 Å². The maximum Gasteiger partial charge on any atom is 0.0164 e. The van der Waals surface area contributed by atoms with Crippen LogP contribution < -0.4 is 5.73 Å². The van der Waals surface area contributed by atoms with Gasteiger partial charge in [-0.2, -0.15) is 0 Å². The fraction of sp³-hybridized carbons (Fsp3) is 1.00. The van der Waals surface area contributed by atoms with Crippen LogP contribution in [0.15, 0.2) is 0 Å². The Morgan fingerprint density at radius 2 is 1.86 bits per heavy atom. The van der Waals surface area contributed by atoms with E-state index in [1.807, 2.05) is 0 Å². The van der Waals surface area contributed by atoms with Crippen LogP contribution in [0.2, 0.25) is 0 Å². The van der Waals surface area contributed by atoms with Gasteiger partial charge in [0.2, 0.25) is 0 Å². The van der Waals surface area contributed by atoms with Crippen LogP contribution in [0, 0.1) is 17.3 Å². The van der Waals surface area contributed by atoms with Crippen molar-refractivity contribution >= 4 is 0 Å². The molecule has 1 aliphatic rings. The molecule has 0 amide bonds. The predicted octanol–water partition coefficient (Wildman–Crippen LogP) is 3.58. The summed E-state index contributed by atoms with van der Waals surface area (Å²) >= 11 is 0. The lowest BCUT2D eigenvalue weighted by Gasteiger charge is -2.46. The van der Waals surface area contributed by atoms with Gasteiger partial charge in [-0.15, -0.1) is 0 Å². The molecule has 0 aromatic heterocycles. The first-order valence-corrected chi connectivity index (χ1v) is 6.01. The first-order valence-electron chi connectivity index (χ1n) is 6.01. The van der Waals surface area contributed by atoms with Crippen molar-refractivity contribution in [3.8, 4) is 0 Å². The van der Waals surface area contributed by atoms with Crippen LogP contribution in [-0.2, 0) is 0 Å². The highest BCUT2D eigenvalue weighted by Crippen LogP contribution is 2.44. The highest BCUT2D eigenvalue weighted by Gasteiger charge is 2.40. The van der Waals surface area contributed by atoms with E-state index < -0.39 is 0 Å². The highest BCUT2D eigenvalue weighted by molar-refractivity contribution is 4.96. The Hall–Kier alpha value is -0.0400. The second-order valence-corrected chi connectivity index (χ2v) is 6.81. The third-order valence-electron chi connectivity index (χ3n) is 3.30. The van der Waals surface area contributed by atoms with Gasteiger partial charge in [-0.1, -0.05) is 34.6 Å². The van der Waals surface area contributed by atoms with E-state index >= 15 is 0 Å². The molecule has 2 atom stereocenters. The topological polar surface area (TPSA) is 26.0 Å². The standard InChI is InChI=1S/C13H27N/c1-10(2)6-13(14)8-11(3)7-12(4,5)9-13/h10-11H,6-9,14H2,1-5H3. The highest BCUT2D eigenvalue weighted by atomic mass is 14.8. The first kappa shape index (κ1) is 12.0. The maximum absolute atomic E-state index is 6.53. The van der Waals surface area contributed by atoms with Gasteiger partial charge in [0.25, 0.3) is 0 Å². The molecule has 0 spiro atoms. The van der Waals surface area contributed by atoms with Crippen molar-refractivity contribution in [2.75, 3.05) is 0 Å². The molecule has 0 bridgehead atoms. The molecule has 0 aliphatic heterocycles. The Balaban J connectivity index is 2.68. The molecule has 1 heteroatoms. The van der Waals surface area contributed by atoms with E-state index in [0.717, 1.165) is 11.8 Å². The molecule has 1 aliphatic carbocycles. The smallest absolute Gasteiger partial charge is 0.0164 e. The van der Waals surface area contributed by atoms with E-state index in [1.165, 1.54) is 25.7 Å². The number of hydrogen-bond acceptors (Lipinski definition) is 1. The van der Waals surface area contributed by atoms with E-state index in [2.05, 4.69) is 34.6 Å². The molecule has 0 radical (unpaired) electrons. The molecule has 0 aromatic carbocycles. The van der Waals surface area contributed by atoms with Crippen LogP contribution >= 0.6 is 0 Å². The van der Waals surface area contributed by atoms with Crippen LogP contribution in [0.3, 0.4) is 0 Å². The zero-order chi connectivity index (χ0) is 11.0. The Morgan fingerprint density at radius 3 is 2.29 bits per heavy atom. The fourth-order valence-corrected chi connectivity index (χ4v) is 3.78. The van der Waals surface area contributed by atoms with E-state index in [0.29, 0.717) is 5.41 Å². The summed E-state index contributed by atoms with van der Waals surface area (Å²) in [5.41, 5.74) is 7.08. The molecule has 0 heterocycles. The largest absolute Gasteiger partial charge is 0.325 e. The third kappa shape index (κ3) is 3.27. The van der Waals surface area contributed by atoms with Crippen molar-refractivity contribution in [2.24, 2.45) is 23.0 Å². The summed E-state index contributed by atoms with van der Waals surface area (Å²) in [6, 6.07) is 0. The van der Waals surface area contributed by atoms with Gasteiger partial charge in [0.05, 0.1) is 0 Å². The Bertz CT molecular complexity index is 191. The molecule has 1 nitrogen and oxygen atoms in total. The number of nitrogens with two attached hydrogens (primary N) is 1. The van der Waals surface area contributed by atoms with E-state index in [1.54, 1.807) is 0 Å². The maximum atomic E-state index is 6.53. The minimum Gasteiger partial charge on any atom is -0.325 e. The average molecular weight is 197 g/mol. The molecule has 84 valence electrons. The average Bonchev–Trinajstić information content (AvgIpc) is 1.74. The molecule has 1 rings (SSSR count). The zero-order valence-corrected chi connectivity index (χ0v) is 10.6. The minimum atomic E-state index is 0.106. The van der Waals surface area contributed by atoms with Gasteiger partial charge in [0.15, 0.2) is 0 Å². The minimum absolute atomic E-state index is 0.106. The van der Waals surface area contributed by atoms with Crippen LogP contribution in [-0.4, -0.2) is 5.54 Å². The van der Waals surface area contributed by atoms with E-state index in [-0.39, 0.29) is 5.54 Å². The molecule has 1 fully saturated rings. The monoisotopic (exact) mass is 197 g/mol. The van der Waals surface area contributed by atoms with Crippen molar-refractivity contribution in [1.82, 2.24) is 0 Å². The van der Waals surface area contributed by atoms with Gasteiger partial charge >= 0.3 is 0 Å². The van der Waals surface area contributed by atoms with Crippen LogP contribution in [0.1, 0.15) is 60.3 Å². The van der Waals surface area contributed by atoms with Crippen molar-refractivity contribution in [3.63, 3.8) is 0 Å². The fourth-order valence-electron chi connectivity index (χ4n) is 3.78. The van der Waals surface area contributed by atoms with Gasteiger partial charge < -0.3 is 5.73 Å². The number of hydrogen-bond donors (Lipinski definition) is 1. The molecular weight excluding hydrogens is 170 g/mol. The van der Waals surface area contributed by atoms with Gasteiger partial charge in [0.1, 0.15) is 0 Å². The van der Waals surface area contributed by atoms with Crippen molar-refractivity contribution < 1.29 is 0 Å². The lowest BCUT2D eigenvalue weighted by molar-refractivity contribution is 0.0935. The summed E-state index contributed by atoms with van der Waals surface area (Å²) in [6.07, 6.45) is 4.93. The van der Waals surface area contributed by atoms with Crippen LogP contribution in [0.25, 0.3) is 0 Å². The van der Waals surface area contributed by atoms with Crippen LogP contribution in [0.5, 0.6) is 0 Å². The molecule has 14 heavy (non-hydrogen) atoms. The Kier molecular flexibility index (Phi) is 3.30. The molecule has 1 saturated carbocycles. The predicted molar refractivity (Wildman–Crippen MR) is 63.2 cm³/mol. The summed E-state index contributed by atoms with van der Waals surface area (Å²) in [7, 11) is 0. The van der Waals surface area contributed by atoms with Crippen molar-refractivity contribution in [1.29, 1.82) is 0 Å². The second kappa shape index (κ2) is 3.84. The summed E-state index contributed by atoms with van der Waals surface area (Å²) in [4.78, 5) is 0. The van der Waals surface area contributed by atoms with Crippen molar-refractivity contribution in [2.45, 2.75) is 65.8 Å². The third-order valence-corrected chi connectivity index (χ3v) is 3.30. The number of rotatable bonds is 2. The summed E-state index contributed by atoms with van der Waals surface area (Å²) < 4.78 is 0. The Morgan fingerprint density at radius 1 is 1.29 bits per heavy atom. The summed E-state index contributed by atoms with van der Waals surface area (Å²) in [6.45, 7) is 11.6. The summed E-state index contributed by atoms with van der Waals surface area (Å²) in [5, 5.41) is 0. The SMILES string of the molecule is CC(C)CC1(N)CC(C)CC(C)(C)C1. The Labute approximate surface area is 89.5 Å². The molecule has 2 unspecified atom stereocenters. The van der Waals surface area contributed by atoms with Crippen molar-refractivity contribution in [3.05, 3.63) is 0 Å². The second-order valence-electron chi connectivity index (χ2n) is 6.81. The van der Waals surface area contributed by atoms with Gasteiger partial charge in [-0.05, 0) is 42.9 Å². The van der Waals surface area contributed by atoms with E-state index in [9.17, 15) is 0 Å². The van der Waals surface area contributed by atoms with Gasteiger partial charge in [0, 0.05) is 5.54 Å². The molecule has 0 aromatic rings.